The summed E-state index contributed by atoms with van der Waals surface area (Å²) >= 11 is 1.43. The first-order valence-electron chi connectivity index (χ1n) is 8.32. The summed E-state index contributed by atoms with van der Waals surface area (Å²) in [4.78, 5) is 23.3. The maximum atomic E-state index is 12.6. The number of rotatable bonds is 3. The number of hydrogen-bond donors (Lipinski definition) is 0. The lowest BCUT2D eigenvalue weighted by Gasteiger charge is -2.36. The molecule has 2 aromatic carbocycles. The molecule has 0 saturated carbocycles. The van der Waals surface area contributed by atoms with E-state index in [0.717, 1.165) is 15.8 Å². The van der Waals surface area contributed by atoms with E-state index in [-0.39, 0.29) is 11.8 Å². The van der Waals surface area contributed by atoms with Gasteiger partial charge in [-0.3, -0.25) is 4.79 Å². The normalized spacial score (nSPS) is 14.5. The van der Waals surface area contributed by atoms with Crippen LogP contribution < -0.4 is 0 Å². The Balaban J connectivity index is 1.28. The molecule has 0 spiro atoms. The van der Waals surface area contributed by atoms with E-state index in [1.54, 1.807) is 4.90 Å². The van der Waals surface area contributed by atoms with Crippen LogP contribution in [-0.4, -0.2) is 39.0 Å². The number of amides is 1. The summed E-state index contributed by atoms with van der Waals surface area (Å²) in [6.45, 7) is 1.15. The van der Waals surface area contributed by atoms with Crippen molar-refractivity contribution in [3.63, 3.8) is 0 Å². The highest BCUT2D eigenvalue weighted by atomic mass is 32.1. The molecular weight excluding hydrogens is 348 g/mol. The molecule has 4 aromatic rings. The van der Waals surface area contributed by atoms with Crippen LogP contribution in [0.2, 0.25) is 0 Å². The van der Waals surface area contributed by atoms with Crippen LogP contribution in [0.3, 0.4) is 0 Å². The van der Waals surface area contributed by atoms with Crippen LogP contribution in [-0.2, 0) is 0 Å². The van der Waals surface area contributed by atoms with Crippen molar-refractivity contribution < 1.29 is 9.32 Å². The second-order valence-corrected chi connectivity index (χ2v) is 7.25. The molecule has 0 bridgehead atoms. The molecular formula is C19H14N4O2S. The minimum absolute atomic E-state index is 0.0368. The Morgan fingerprint density at radius 1 is 1.04 bits per heavy atom. The van der Waals surface area contributed by atoms with Gasteiger partial charge in [-0.25, -0.2) is 4.98 Å². The first kappa shape index (κ1) is 15.2. The van der Waals surface area contributed by atoms with Gasteiger partial charge in [0, 0.05) is 18.7 Å². The largest absolute Gasteiger partial charge is 0.339 e. The number of carbonyl (C=O) groups is 1. The highest BCUT2D eigenvalue weighted by Gasteiger charge is 2.37. The molecule has 0 atom stereocenters. The van der Waals surface area contributed by atoms with E-state index in [2.05, 4.69) is 15.1 Å². The molecule has 7 heteroatoms. The van der Waals surface area contributed by atoms with Crippen LogP contribution in [0.4, 0.5) is 0 Å². The molecule has 2 aromatic heterocycles. The van der Waals surface area contributed by atoms with E-state index < -0.39 is 0 Å². The maximum absolute atomic E-state index is 12.6. The second kappa shape index (κ2) is 6.03. The van der Waals surface area contributed by atoms with Crippen molar-refractivity contribution in [3.05, 3.63) is 65.5 Å². The monoisotopic (exact) mass is 362 g/mol. The topological polar surface area (TPSA) is 72.1 Å². The first-order valence-corrected chi connectivity index (χ1v) is 9.13. The third kappa shape index (κ3) is 2.57. The number of para-hydroxylation sites is 1. The smallest absolute Gasteiger partial charge is 0.282 e. The average Bonchev–Trinajstić information content (AvgIpc) is 3.28. The van der Waals surface area contributed by atoms with Gasteiger partial charge in [0.25, 0.3) is 5.91 Å². The van der Waals surface area contributed by atoms with Gasteiger partial charge in [-0.05, 0) is 12.1 Å². The zero-order chi connectivity index (χ0) is 17.5. The molecule has 5 rings (SSSR count). The predicted molar refractivity (Wildman–Crippen MR) is 98.0 cm³/mol. The number of hydrogen-bond acceptors (Lipinski definition) is 6. The lowest BCUT2D eigenvalue weighted by molar-refractivity contribution is 0.0569. The Bertz CT molecular complexity index is 1050. The maximum Gasteiger partial charge on any atom is 0.282 e. The lowest BCUT2D eigenvalue weighted by Crippen LogP contribution is -2.48. The van der Waals surface area contributed by atoms with Crippen molar-refractivity contribution >= 4 is 27.5 Å². The summed E-state index contributed by atoms with van der Waals surface area (Å²) < 4.78 is 6.42. The molecule has 1 aliphatic rings. The Morgan fingerprint density at radius 3 is 2.62 bits per heavy atom. The van der Waals surface area contributed by atoms with Gasteiger partial charge >= 0.3 is 0 Å². The van der Waals surface area contributed by atoms with E-state index in [9.17, 15) is 4.79 Å². The molecule has 0 radical (unpaired) electrons. The summed E-state index contributed by atoms with van der Waals surface area (Å²) in [6, 6.07) is 17.5. The predicted octanol–water partition coefficient (Wildman–Crippen LogP) is 3.59. The van der Waals surface area contributed by atoms with Gasteiger partial charge in [-0.15, -0.1) is 11.3 Å². The van der Waals surface area contributed by atoms with Gasteiger partial charge in [0.15, 0.2) is 5.01 Å². The molecule has 1 fully saturated rings. The molecule has 0 unspecified atom stereocenters. The number of aromatic nitrogens is 3. The highest BCUT2D eigenvalue weighted by Crippen LogP contribution is 2.30. The highest BCUT2D eigenvalue weighted by molar-refractivity contribution is 7.20. The molecule has 1 aliphatic heterocycles. The summed E-state index contributed by atoms with van der Waals surface area (Å²) in [5.74, 6) is 1.21. The minimum atomic E-state index is -0.0368. The van der Waals surface area contributed by atoms with Crippen LogP contribution in [0.5, 0.6) is 0 Å². The van der Waals surface area contributed by atoms with Crippen molar-refractivity contribution in [1.82, 2.24) is 20.0 Å². The number of thiazole rings is 1. The average molecular weight is 362 g/mol. The Morgan fingerprint density at radius 2 is 1.81 bits per heavy atom. The van der Waals surface area contributed by atoms with Crippen LogP contribution in [0.15, 0.2) is 59.1 Å². The number of benzene rings is 2. The van der Waals surface area contributed by atoms with E-state index in [1.807, 2.05) is 54.6 Å². The summed E-state index contributed by atoms with van der Waals surface area (Å²) in [7, 11) is 0. The molecule has 3 heterocycles. The fourth-order valence-electron chi connectivity index (χ4n) is 3.01. The zero-order valence-corrected chi connectivity index (χ0v) is 14.5. The number of fused-ring (bicyclic) bond motifs is 1. The summed E-state index contributed by atoms with van der Waals surface area (Å²) in [6.07, 6.45) is 0. The fourth-order valence-corrected chi connectivity index (χ4v) is 3.94. The third-order valence-electron chi connectivity index (χ3n) is 4.47. The van der Waals surface area contributed by atoms with Gasteiger partial charge in [0.1, 0.15) is 0 Å². The number of likely N-dealkylation sites (tertiary alicyclic amines) is 1. The molecule has 26 heavy (non-hydrogen) atoms. The van der Waals surface area contributed by atoms with Crippen molar-refractivity contribution in [2.45, 2.75) is 5.92 Å². The van der Waals surface area contributed by atoms with Gasteiger partial charge in [0.2, 0.25) is 11.7 Å². The first-order chi connectivity index (χ1) is 12.8. The molecule has 128 valence electrons. The van der Waals surface area contributed by atoms with E-state index in [4.69, 9.17) is 4.52 Å². The molecule has 0 N–H and O–H groups in total. The van der Waals surface area contributed by atoms with E-state index >= 15 is 0 Å². The lowest BCUT2D eigenvalue weighted by atomic mass is 10.00. The van der Waals surface area contributed by atoms with Crippen LogP contribution in [0.1, 0.15) is 21.6 Å². The number of carbonyl (C=O) groups excluding carboxylic acids is 1. The summed E-state index contributed by atoms with van der Waals surface area (Å²) in [5, 5.41) is 4.57. The van der Waals surface area contributed by atoms with Crippen molar-refractivity contribution in [1.29, 1.82) is 0 Å². The van der Waals surface area contributed by atoms with Crippen LogP contribution in [0.25, 0.3) is 21.6 Å². The molecule has 6 nitrogen and oxygen atoms in total. The van der Waals surface area contributed by atoms with E-state index in [0.29, 0.717) is 29.8 Å². The molecule has 0 aliphatic carbocycles. The van der Waals surface area contributed by atoms with Crippen molar-refractivity contribution in [2.75, 3.05) is 13.1 Å². The third-order valence-corrected chi connectivity index (χ3v) is 5.49. The summed E-state index contributed by atoms with van der Waals surface area (Å²) in [5.41, 5.74) is 1.78. The Kier molecular flexibility index (Phi) is 3.53. The van der Waals surface area contributed by atoms with Gasteiger partial charge in [0.05, 0.1) is 16.1 Å². The SMILES string of the molecule is O=C(c1nc2ccccc2s1)N1CC(c2nc(-c3ccccc3)no2)C1. The Labute approximate surface area is 153 Å². The van der Waals surface area contributed by atoms with Crippen molar-refractivity contribution in [2.24, 2.45) is 0 Å². The van der Waals surface area contributed by atoms with Gasteiger partial charge < -0.3 is 9.42 Å². The molecule has 1 saturated heterocycles. The van der Waals surface area contributed by atoms with Gasteiger partial charge in [-0.2, -0.15) is 4.98 Å². The standard InChI is InChI=1S/C19H14N4O2S/c24-19(18-20-14-8-4-5-9-15(14)26-18)23-10-13(11-23)17-21-16(22-25-17)12-6-2-1-3-7-12/h1-9,13H,10-11H2. The van der Waals surface area contributed by atoms with Gasteiger partial charge in [-0.1, -0.05) is 47.6 Å². The van der Waals surface area contributed by atoms with Crippen LogP contribution in [0, 0.1) is 0 Å². The zero-order valence-electron chi connectivity index (χ0n) is 13.7. The van der Waals surface area contributed by atoms with Crippen LogP contribution >= 0.6 is 11.3 Å². The second-order valence-electron chi connectivity index (χ2n) is 6.22. The quantitative estimate of drug-likeness (QED) is 0.557. The number of nitrogens with zero attached hydrogens (tertiary/aromatic N) is 4. The Hall–Kier alpha value is -3.06. The van der Waals surface area contributed by atoms with E-state index in [1.165, 1.54) is 11.3 Å². The van der Waals surface area contributed by atoms with Crippen molar-refractivity contribution in [3.8, 4) is 11.4 Å². The minimum Gasteiger partial charge on any atom is -0.339 e. The molecule has 1 amide bonds. The fraction of sp³-hybridized carbons (Fsp3) is 0.158.